The Balaban J connectivity index is 1.61. The predicted octanol–water partition coefficient (Wildman–Crippen LogP) is 2.88. The molecule has 6 nitrogen and oxygen atoms in total. The molecule has 0 radical (unpaired) electrons. The largest absolute Gasteiger partial charge is 0.456 e. The van der Waals surface area contributed by atoms with E-state index < -0.39 is 5.97 Å². The van der Waals surface area contributed by atoms with Crippen molar-refractivity contribution in [2.24, 2.45) is 0 Å². The van der Waals surface area contributed by atoms with E-state index in [1.54, 1.807) is 13.0 Å². The van der Waals surface area contributed by atoms with Gasteiger partial charge in [-0.1, -0.05) is 17.3 Å². The van der Waals surface area contributed by atoms with E-state index in [1.807, 2.05) is 24.3 Å². The molecule has 0 atom stereocenters. The number of ether oxygens (including phenoxy) is 1. The van der Waals surface area contributed by atoms with E-state index in [2.05, 4.69) is 10.1 Å². The molecule has 0 aliphatic heterocycles. The molecule has 0 bridgehead atoms. The van der Waals surface area contributed by atoms with Gasteiger partial charge in [0, 0.05) is 18.2 Å². The van der Waals surface area contributed by atoms with Crippen molar-refractivity contribution in [2.45, 2.75) is 13.5 Å². The average Bonchev–Trinajstić information content (AvgIpc) is 3.08. The van der Waals surface area contributed by atoms with Gasteiger partial charge in [-0.15, -0.1) is 0 Å². The van der Waals surface area contributed by atoms with Gasteiger partial charge in [0.05, 0.1) is 0 Å². The molecule has 0 N–H and O–H groups in total. The van der Waals surface area contributed by atoms with Gasteiger partial charge in [-0.2, -0.15) is 0 Å². The van der Waals surface area contributed by atoms with Gasteiger partial charge in [-0.3, -0.25) is 0 Å². The molecular formula is C15H12N2O4. The summed E-state index contributed by atoms with van der Waals surface area (Å²) in [5, 5.41) is 3.73. The summed E-state index contributed by atoms with van der Waals surface area (Å²) in [7, 11) is 0. The first kappa shape index (κ1) is 13.1. The lowest BCUT2D eigenvalue weighted by Crippen LogP contribution is -2.00. The van der Waals surface area contributed by atoms with Crippen molar-refractivity contribution in [3.05, 3.63) is 53.8 Å². The molecular weight excluding hydrogens is 272 g/mol. The second-order valence-corrected chi connectivity index (χ2v) is 4.39. The fourth-order valence-electron chi connectivity index (χ4n) is 1.78. The van der Waals surface area contributed by atoms with Crippen molar-refractivity contribution in [3.63, 3.8) is 0 Å². The van der Waals surface area contributed by atoms with E-state index >= 15 is 0 Å². The van der Waals surface area contributed by atoms with Crippen LogP contribution in [-0.4, -0.2) is 16.1 Å². The van der Waals surface area contributed by atoms with Crippen molar-refractivity contribution in [1.29, 1.82) is 0 Å². The molecule has 1 aromatic carbocycles. The maximum atomic E-state index is 11.6. The van der Waals surface area contributed by atoms with Gasteiger partial charge < -0.3 is 13.7 Å². The molecule has 21 heavy (non-hydrogen) atoms. The number of oxazole rings is 1. The Hall–Kier alpha value is -2.89. The fourth-order valence-corrected chi connectivity index (χ4v) is 1.78. The SMILES string of the molecule is Cc1cc(COC(=O)/C=C/c2nc3ccccc3o2)no1. The highest BCUT2D eigenvalue weighted by atomic mass is 16.5. The number of aryl methyl sites for hydroxylation is 1. The van der Waals surface area contributed by atoms with Crippen LogP contribution in [0.5, 0.6) is 0 Å². The number of carbonyl (C=O) groups excluding carboxylic acids is 1. The summed E-state index contributed by atoms with van der Waals surface area (Å²) in [5.74, 6) is 0.520. The zero-order valence-corrected chi connectivity index (χ0v) is 11.3. The van der Waals surface area contributed by atoms with Crippen LogP contribution >= 0.6 is 0 Å². The average molecular weight is 284 g/mol. The number of para-hydroxylation sites is 2. The first-order valence-electron chi connectivity index (χ1n) is 6.33. The minimum atomic E-state index is -0.502. The lowest BCUT2D eigenvalue weighted by molar-refractivity contribution is -0.139. The molecule has 2 aromatic heterocycles. The molecule has 0 amide bonds. The van der Waals surface area contributed by atoms with Crippen LogP contribution in [0.3, 0.4) is 0 Å². The van der Waals surface area contributed by atoms with Crippen molar-refractivity contribution in [2.75, 3.05) is 0 Å². The van der Waals surface area contributed by atoms with Crippen LogP contribution in [0.4, 0.5) is 0 Å². The minimum Gasteiger partial charge on any atom is -0.456 e. The normalized spacial score (nSPS) is 11.3. The predicted molar refractivity (Wildman–Crippen MR) is 74.1 cm³/mol. The van der Waals surface area contributed by atoms with Crippen LogP contribution in [0, 0.1) is 6.92 Å². The Bertz CT molecular complexity index is 768. The van der Waals surface area contributed by atoms with Gasteiger partial charge >= 0.3 is 5.97 Å². The Kier molecular flexibility index (Phi) is 3.51. The van der Waals surface area contributed by atoms with E-state index in [9.17, 15) is 4.79 Å². The number of aromatic nitrogens is 2. The molecule has 0 aliphatic carbocycles. The molecule has 6 heteroatoms. The number of benzene rings is 1. The Morgan fingerprint density at radius 1 is 1.38 bits per heavy atom. The summed E-state index contributed by atoms with van der Waals surface area (Å²) in [4.78, 5) is 15.8. The number of fused-ring (bicyclic) bond motifs is 1. The van der Waals surface area contributed by atoms with Gasteiger partial charge in [0.2, 0.25) is 5.89 Å². The van der Waals surface area contributed by atoms with Crippen molar-refractivity contribution in [1.82, 2.24) is 10.1 Å². The third-order valence-electron chi connectivity index (χ3n) is 2.71. The monoisotopic (exact) mass is 284 g/mol. The molecule has 0 unspecified atom stereocenters. The quantitative estimate of drug-likeness (QED) is 0.541. The van der Waals surface area contributed by atoms with Crippen LogP contribution in [0.25, 0.3) is 17.2 Å². The smallest absolute Gasteiger partial charge is 0.331 e. The van der Waals surface area contributed by atoms with Crippen LogP contribution < -0.4 is 0 Å². The van der Waals surface area contributed by atoms with Gasteiger partial charge in [-0.25, -0.2) is 9.78 Å². The number of esters is 1. The Morgan fingerprint density at radius 2 is 2.24 bits per heavy atom. The molecule has 3 rings (SSSR count). The van der Waals surface area contributed by atoms with E-state index in [0.29, 0.717) is 22.9 Å². The zero-order chi connectivity index (χ0) is 14.7. The molecule has 2 heterocycles. The van der Waals surface area contributed by atoms with Crippen LogP contribution in [0.2, 0.25) is 0 Å². The summed E-state index contributed by atoms with van der Waals surface area (Å²) in [6.07, 6.45) is 2.73. The van der Waals surface area contributed by atoms with Gasteiger partial charge in [0.15, 0.2) is 5.58 Å². The second-order valence-electron chi connectivity index (χ2n) is 4.39. The number of carbonyl (C=O) groups is 1. The lowest BCUT2D eigenvalue weighted by atomic mass is 10.3. The number of rotatable bonds is 4. The molecule has 106 valence electrons. The zero-order valence-electron chi connectivity index (χ0n) is 11.3. The third kappa shape index (κ3) is 3.17. The van der Waals surface area contributed by atoms with Gasteiger partial charge in [-0.05, 0) is 19.1 Å². The van der Waals surface area contributed by atoms with Crippen molar-refractivity contribution in [3.8, 4) is 0 Å². The molecule has 0 saturated heterocycles. The molecule has 0 aliphatic rings. The molecule has 0 spiro atoms. The standard InChI is InChI=1S/C15H12N2O4/c1-10-8-11(17-21-10)9-19-15(18)7-6-14-16-12-4-2-3-5-13(12)20-14/h2-8H,9H2,1H3/b7-6+. The van der Waals surface area contributed by atoms with Crippen LogP contribution in [0.1, 0.15) is 17.3 Å². The van der Waals surface area contributed by atoms with Crippen LogP contribution in [0.15, 0.2) is 45.3 Å². The first-order valence-corrected chi connectivity index (χ1v) is 6.33. The number of nitrogens with zero attached hydrogens (tertiary/aromatic N) is 2. The maximum Gasteiger partial charge on any atom is 0.331 e. The maximum absolute atomic E-state index is 11.6. The highest BCUT2D eigenvalue weighted by molar-refractivity contribution is 5.86. The minimum absolute atomic E-state index is 0.0636. The molecule has 3 aromatic rings. The summed E-state index contributed by atoms with van der Waals surface area (Å²) >= 11 is 0. The van der Waals surface area contributed by atoms with Gasteiger partial charge in [0.25, 0.3) is 0 Å². The summed E-state index contributed by atoms with van der Waals surface area (Å²) in [5.41, 5.74) is 1.98. The fraction of sp³-hybridized carbons (Fsp3) is 0.133. The van der Waals surface area contributed by atoms with E-state index in [4.69, 9.17) is 13.7 Å². The van der Waals surface area contributed by atoms with Crippen molar-refractivity contribution >= 4 is 23.1 Å². The molecule has 0 saturated carbocycles. The Morgan fingerprint density at radius 3 is 3.00 bits per heavy atom. The lowest BCUT2D eigenvalue weighted by Gasteiger charge is -1.96. The topological polar surface area (TPSA) is 78.4 Å². The summed E-state index contributed by atoms with van der Waals surface area (Å²) in [6, 6.07) is 9.08. The molecule has 0 fully saturated rings. The summed E-state index contributed by atoms with van der Waals surface area (Å²) in [6.45, 7) is 1.83. The van der Waals surface area contributed by atoms with E-state index in [0.717, 1.165) is 5.52 Å². The second kappa shape index (κ2) is 5.62. The highest BCUT2D eigenvalue weighted by Crippen LogP contribution is 2.15. The third-order valence-corrected chi connectivity index (χ3v) is 2.71. The van der Waals surface area contributed by atoms with Crippen LogP contribution in [-0.2, 0) is 16.1 Å². The van der Waals surface area contributed by atoms with Crippen molar-refractivity contribution < 1.29 is 18.5 Å². The Labute approximate surface area is 120 Å². The first-order chi connectivity index (χ1) is 10.2. The van der Waals surface area contributed by atoms with E-state index in [1.165, 1.54) is 12.2 Å². The number of hydrogen-bond donors (Lipinski definition) is 0. The summed E-state index contributed by atoms with van der Waals surface area (Å²) < 4.78 is 15.3. The number of hydrogen-bond acceptors (Lipinski definition) is 6. The van der Waals surface area contributed by atoms with Gasteiger partial charge in [0.1, 0.15) is 23.6 Å². The van der Waals surface area contributed by atoms with E-state index in [-0.39, 0.29) is 6.61 Å². The highest BCUT2D eigenvalue weighted by Gasteiger charge is 2.05.